The number of nitrogens with zero attached hydrogens (tertiary/aromatic N) is 2. The maximum atomic E-state index is 13.2. The highest BCUT2D eigenvalue weighted by Crippen LogP contribution is 2.28. The minimum Gasteiger partial charge on any atom is -0.493 e. The number of hydrogen-bond acceptors (Lipinski definition) is 5. The van der Waals surface area contributed by atoms with Crippen molar-refractivity contribution in [1.82, 2.24) is 4.90 Å². The van der Waals surface area contributed by atoms with Crippen molar-refractivity contribution in [3.05, 3.63) is 98.6 Å². The monoisotopic (exact) mass is 454 g/mol. The molecule has 3 rings (SSSR count). The average molecular weight is 455 g/mol. The van der Waals surface area contributed by atoms with Crippen molar-refractivity contribution in [1.29, 1.82) is 0 Å². The molecule has 0 aliphatic rings. The summed E-state index contributed by atoms with van der Waals surface area (Å²) in [6.07, 6.45) is 0.590. The molecule has 8 heteroatoms. The number of amides is 1. The summed E-state index contributed by atoms with van der Waals surface area (Å²) in [7, 11) is 3.15. The van der Waals surface area contributed by atoms with E-state index in [1.807, 2.05) is 30.3 Å². The molecule has 3 aromatic rings. The number of rotatable bonds is 9. The van der Waals surface area contributed by atoms with Crippen molar-refractivity contribution in [3.63, 3.8) is 0 Å². The van der Waals surface area contributed by atoms with E-state index >= 15 is 0 Å². The SMILES string of the molecule is COc1ccc(CCN(Cc2ccc(Cl)cc2)C(=O)c2ccc([N+](=O)[O-])cc2)cc1OC. The van der Waals surface area contributed by atoms with Crippen LogP contribution in [0.1, 0.15) is 21.5 Å². The standard InChI is InChI=1S/C24H23ClN2O5/c1-31-22-12-5-17(15-23(22)32-2)13-14-26(16-18-3-8-20(25)9-4-18)24(28)19-6-10-21(11-7-19)27(29)30/h3-12,15H,13-14,16H2,1-2H3. The van der Waals surface area contributed by atoms with Crippen LogP contribution in [0.15, 0.2) is 66.7 Å². The Hall–Kier alpha value is -3.58. The highest BCUT2D eigenvalue weighted by Gasteiger charge is 2.18. The number of hydrogen-bond donors (Lipinski definition) is 0. The van der Waals surface area contributed by atoms with E-state index in [4.69, 9.17) is 21.1 Å². The molecule has 0 saturated carbocycles. The molecular weight excluding hydrogens is 432 g/mol. The molecule has 0 atom stereocenters. The molecule has 0 unspecified atom stereocenters. The van der Waals surface area contributed by atoms with E-state index in [1.54, 1.807) is 31.3 Å². The minimum atomic E-state index is -0.489. The summed E-state index contributed by atoms with van der Waals surface area (Å²) in [6.45, 7) is 0.814. The molecule has 3 aromatic carbocycles. The number of nitro benzene ring substituents is 1. The zero-order chi connectivity index (χ0) is 23.1. The molecule has 0 aliphatic carbocycles. The lowest BCUT2D eigenvalue weighted by atomic mass is 10.1. The van der Waals surface area contributed by atoms with Gasteiger partial charge in [0.1, 0.15) is 0 Å². The Morgan fingerprint density at radius 3 is 2.16 bits per heavy atom. The summed E-state index contributed by atoms with van der Waals surface area (Å²) in [5.41, 5.74) is 2.24. The van der Waals surface area contributed by atoms with Crippen LogP contribution in [0, 0.1) is 10.1 Å². The topological polar surface area (TPSA) is 81.9 Å². The lowest BCUT2D eigenvalue weighted by Crippen LogP contribution is -2.32. The van der Waals surface area contributed by atoms with Crippen molar-refractivity contribution < 1.29 is 19.2 Å². The van der Waals surface area contributed by atoms with Crippen molar-refractivity contribution >= 4 is 23.2 Å². The number of benzene rings is 3. The highest BCUT2D eigenvalue weighted by molar-refractivity contribution is 6.30. The summed E-state index contributed by atoms with van der Waals surface area (Å²) >= 11 is 5.98. The summed E-state index contributed by atoms with van der Waals surface area (Å²) in [6, 6.07) is 18.6. The molecule has 0 aromatic heterocycles. The molecule has 1 amide bonds. The summed E-state index contributed by atoms with van der Waals surface area (Å²) in [5.74, 6) is 1.04. The molecule has 0 aliphatic heterocycles. The Bertz CT molecular complexity index is 1080. The van der Waals surface area contributed by atoms with E-state index in [9.17, 15) is 14.9 Å². The number of nitro groups is 1. The first-order valence-electron chi connectivity index (χ1n) is 9.90. The number of methoxy groups -OCH3 is 2. The van der Waals surface area contributed by atoms with Gasteiger partial charge in [0, 0.05) is 35.8 Å². The molecule has 166 valence electrons. The van der Waals surface area contributed by atoms with Crippen LogP contribution in [0.2, 0.25) is 5.02 Å². The highest BCUT2D eigenvalue weighted by atomic mass is 35.5. The third kappa shape index (κ3) is 5.76. The molecule has 0 saturated heterocycles. The number of carbonyl (C=O) groups is 1. The van der Waals surface area contributed by atoms with Crippen LogP contribution in [0.3, 0.4) is 0 Å². The van der Waals surface area contributed by atoms with Gasteiger partial charge < -0.3 is 14.4 Å². The molecule has 0 heterocycles. The predicted octanol–water partition coefficient (Wildman–Crippen LogP) is 5.15. The molecule has 0 spiro atoms. The van der Waals surface area contributed by atoms with Gasteiger partial charge in [-0.25, -0.2) is 0 Å². The normalized spacial score (nSPS) is 10.5. The molecule has 0 radical (unpaired) electrons. The second-order valence-corrected chi connectivity index (χ2v) is 7.53. The van der Waals surface area contributed by atoms with Gasteiger partial charge in [-0.2, -0.15) is 0 Å². The first-order valence-corrected chi connectivity index (χ1v) is 10.3. The maximum absolute atomic E-state index is 13.2. The Morgan fingerprint density at radius 1 is 0.938 bits per heavy atom. The Kier molecular flexibility index (Phi) is 7.68. The summed E-state index contributed by atoms with van der Waals surface area (Å²) < 4.78 is 10.6. The van der Waals surface area contributed by atoms with Gasteiger partial charge in [0.15, 0.2) is 11.5 Å². The lowest BCUT2D eigenvalue weighted by Gasteiger charge is -2.23. The number of ether oxygens (including phenoxy) is 2. The molecule has 0 N–H and O–H groups in total. The van der Waals surface area contributed by atoms with E-state index in [0.29, 0.717) is 41.6 Å². The van der Waals surface area contributed by atoms with Gasteiger partial charge in [-0.15, -0.1) is 0 Å². The largest absolute Gasteiger partial charge is 0.493 e. The molecule has 0 bridgehead atoms. The molecular formula is C24H23ClN2O5. The fourth-order valence-electron chi connectivity index (χ4n) is 3.27. The van der Waals surface area contributed by atoms with E-state index in [0.717, 1.165) is 11.1 Å². The third-order valence-corrected chi connectivity index (χ3v) is 5.27. The van der Waals surface area contributed by atoms with Gasteiger partial charge in [0.2, 0.25) is 0 Å². The van der Waals surface area contributed by atoms with Crippen LogP contribution in [-0.2, 0) is 13.0 Å². The number of halogens is 1. The van der Waals surface area contributed by atoms with Gasteiger partial charge in [-0.1, -0.05) is 29.8 Å². The quantitative estimate of drug-likeness (QED) is 0.330. The maximum Gasteiger partial charge on any atom is 0.269 e. The Balaban J connectivity index is 1.82. The van der Waals surface area contributed by atoms with Crippen LogP contribution in [0.4, 0.5) is 5.69 Å². The van der Waals surface area contributed by atoms with E-state index in [1.165, 1.54) is 24.3 Å². The van der Waals surface area contributed by atoms with Crippen LogP contribution < -0.4 is 9.47 Å². The first-order chi connectivity index (χ1) is 15.4. The zero-order valence-corrected chi connectivity index (χ0v) is 18.5. The van der Waals surface area contributed by atoms with Gasteiger partial charge >= 0.3 is 0 Å². The minimum absolute atomic E-state index is 0.0591. The van der Waals surface area contributed by atoms with Gasteiger partial charge in [0.05, 0.1) is 19.1 Å². The van der Waals surface area contributed by atoms with Crippen molar-refractivity contribution in [3.8, 4) is 11.5 Å². The van der Waals surface area contributed by atoms with Crippen LogP contribution in [-0.4, -0.2) is 36.5 Å². The van der Waals surface area contributed by atoms with Crippen LogP contribution in [0.25, 0.3) is 0 Å². The molecule has 32 heavy (non-hydrogen) atoms. The van der Waals surface area contributed by atoms with Gasteiger partial charge in [0.25, 0.3) is 11.6 Å². The fraction of sp³-hybridized carbons (Fsp3) is 0.208. The summed E-state index contributed by atoms with van der Waals surface area (Å²) in [5, 5.41) is 11.5. The summed E-state index contributed by atoms with van der Waals surface area (Å²) in [4.78, 5) is 25.4. The molecule has 0 fully saturated rings. The predicted molar refractivity (Wildman–Crippen MR) is 123 cm³/mol. The number of non-ortho nitro benzene ring substituents is 1. The zero-order valence-electron chi connectivity index (χ0n) is 17.8. The second-order valence-electron chi connectivity index (χ2n) is 7.10. The van der Waals surface area contributed by atoms with Crippen molar-refractivity contribution in [2.24, 2.45) is 0 Å². The molecule has 7 nitrogen and oxygen atoms in total. The Labute approximate surface area is 191 Å². The lowest BCUT2D eigenvalue weighted by molar-refractivity contribution is -0.384. The van der Waals surface area contributed by atoms with Crippen LogP contribution in [0.5, 0.6) is 11.5 Å². The number of carbonyl (C=O) groups excluding carboxylic acids is 1. The second kappa shape index (κ2) is 10.6. The van der Waals surface area contributed by atoms with Crippen LogP contribution >= 0.6 is 11.6 Å². The van der Waals surface area contributed by atoms with E-state index < -0.39 is 4.92 Å². The first kappa shape index (κ1) is 23.1. The van der Waals surface area contributed by atoms with Gasteiger partial charge in [-0.3, -0.25) is 14.9 Å². The van der Waals surface area contributed by atoms with Crippen molar-refractivity contribution in [2.75, 3.05) is 20.8 Å². The smallest absolute Gasteiger partial charge is 0.269 e. The van der Waals surface area contributed by atoms with Gasteiger partial charge in [-0.05, 0) is 53.9 Å². The van der Waals surface area contributed by atoms with E-state index in [-0.39, 0.29) is 11.6 Å². The van der Waals surface area contributed by atoms with Crippen molar-refractivity contribution in [2.45, 2.75) is 13.0 Å². The average Bonchev–Trinajstić information content (AvgIpc) is 2.82. The van der Waals surface area contributed by atoms with E-state index in [2.05, 4.69) is 0 Å². The Morgan fingerprint density at radius 2 is 1.56 bits per heavy atom. The third-order valence-electron chi connectivity index (χ3n) is 5.02. The fourth-order valence-corrected chi connectivity index (χ4v) is 3.40.